The molecule has 1 heterocycles. The van der Waals surface area contributed by atoms with Gasteiger partial charge < -0.3 is 4.18 Å². The van der Waals surface area contributed by atoms with Crippen molar-refractivity contribution in [3.63, 3.8) is 0 Å². The van der Waals surface area contributed by atoms with Gasteiger partial charge in [0.05, 0.1) is 21.9 Å². The van der Waals surface area contributed by atoms with E-state index in [4.69, 9.17) is 4.18 Å². The van der Waals surface area contributed by atoms with Crippen LogP contribution in [-0.4, -0.2) is 34.7 Å². The van der Waals surface area contributed by atoms with Crippen molar-refractivity contribution in [1.82, 2.24) is 9.78 Å². The largest absolute Gasteiger partial charge is 0.361 e. The zero-order valence-electron chi connectivity index (χ0n) is 19.5. The maximum Gasteiger partial charge on any atom is 0.310 e. The second kappa shape index (κ2) is 9.64. The quantitative estimate of drug-likeness (QED) is 0.231. The van der Waals surface area contributed by atoms with E-state index >= 15 is 0 Å². The Morgan fingerprint density at radius 3 is 2.28 bits per heavy atom. The molecular formula is C22H29N3O6S. The van der Waals surface area contributed by atoms with Gasteiger partial charge >= 0.3 is 10.1 Å². The van der Waals surface area contributed by atoms with Crippen molar-refractivity contribution in [2.75, 3.05) is 5.75 Å². The number of rotatable bonds is 9. The van der Waals surface area contributed by atoms with Crippen LogP contribution in [0.25, 0.3) is 5.57 Å². The van der Waals surface area contributed by atoms with Crippen LogP contribution in [0.3, 0.4) is 0 Å². The van der Waals surface area contributed by atoms with Crippen LogP contribution in [0.5, 0.6) is 5.88 Å². The summed E-state index contributed by atoms with van der Waals surface area (Å²) in [5, 5.41) is 15.9. The Balaban J connectivity index is 2.80. The molecule has 0 atom stereocenters. The molecule has 2 rings (SSSR count). The molecule has 1 aromatic carbocycles. The summed E-state index contributed by atoms with van der Waals surface area (Å²) < 4.78 is 31.0. The molecule has 0 N–H and O–H groups in total. The van der Waals surface area contributed by atoms with E-state index in [1.54, 1.807) is 20.8 Å². The number of aromatic nitrogens is 2. The molecule has 1 aromatic heterocycles. The van der Waals surface area contributed by atoms with Crippen molar-refractivity contribution in [3.05, 3.63) is 55.8 Å². The Hall–Kier alpha value is -3.01. The maximum absolute atomic E-state index is 13.6. The first-order valence-electron chi connectivity index (χ1n) is 10.3. The Morgan fingerprint density at radius 2 is 1.78 bits per heavy atom. The number of allylic oxidation sites excluding steroid dienone is 2. The molecule has 0 spiro atoms. The monoisotopic (exact) mass is 463 g/mol. The molecule has 0 saturated heterocycles. The Kier molecular flexibility index (Phi) is 7.61. The molecule has 0 bridgehead atoms. The van der Waals surface area contributed by atoms with Crippen molar-refractivity contribution in [2.24, 2.45) is 0 Å². The minimum absolute atomic E-state index is 0.0354. The first-order valence-corrected chi connectivity index (χ1v) is 11.9. The zero-order valence-corrected chi connectivity index (χ0v) is 20.3. The second-order valence-corrected chi connectivity index (χ2v) is 9.62. The number of carbonyl (C=O) groups is 1. The van der Waals surface area contributed by atoms with Crippen LogP contribution in [-0.2, 0) is 16.7 Å². The number of aryl methyl sites for hydroxylation is 2. The lowest BCUT2D eigenvalue weighted by atomic mass is 9.90. The highest BCUT2D eigenvalue weighted by molar-refractivity contribution is 7.87. The molecule has 0 saturated carbocycles. The SMILES string of the molecule is CCCn1nc(C)c(C(=O)c2ccc([N+](=O)[O-])c(C(C)=C(C)C)c2C)c1OS(=O)(=O)CC. The van der Waals surface area contributed by atoms with Gasteiger partial charge in [0.25, 0.3) is 5.69 Å². The molecule has 0 radical (unpaired) electrons. The number of hydrogen-bond acceptors (Lipinski definition) is 7. The third kappa shape index (κ3) is 4.90. The van der Waals surface area contributed by atoms with Crippen LogP contribution < -0.4 is 4.18 Å². The van der Waals surface area contributed by atoms with E-state index in [0.29, 0.717) is 35.4 Å². The van der Waals surface area contributed by atoms with Crippen molar-refractivity contribution in [1.29, 1.82) is 0 Å². The molecule has 0 aliphatic heterocycles. The molecule has 174 valence electrons. The number of nitro groups is 1. The second-order valence-electron chi connectivity index (χ2n) is 7.76. The fraction of sp³-hybridized carbons (Fsp3) is 0.455. The maximum atomic E-state index is 13.6. The van der Waals surface area contributed by atoms with Gasteiger partial charge in [-0.1, -0.05) is 12.5 Å². The summed E-state index contributed by atoms with van der Waals surface area (Å²) in [4.78, 5) is 24.8. The minimum atomic E-state index is -3.91. The number of nitro benzene ring substituents is 1. The summed E-state index contributed by atoms with van der Waals surface area (Å²) in [6.07, 6.45) is 0.651. The molecule has 9 nitrogen and oxygen atoms in total. The van der Waals surface area contributed by atoms with Gasteiger partial charge in [0.15, 0.2) is 0 Å². The van der Waals surface area contributed by atoms with E-state index in [1.165, 1.54) is 23.7 Å². The smallest absolute Gasteiger partial charge is 0.310 e. The lowest BCUT2D eigenvalue weighted by Crippen LogP contribution is -2.17. The van der Waals surface area contributed by atoms with Crippen LogP contribution in [0, 0.1) is 24.0 Å². The van der Waals surface area contributed by atoms with Crippen LogP contribution in [0.4, 0.5) is 5.69 Å². The third-order valence-corrected chi connectivity index (χ3v) is 6.43. The number of nitrogens with zero attached hydrogens (tertiary/aromatic N) is 3. The van der Waals surface area contributed by atoms with Crippen LogP contribution >= 0.6 is 0 Å². The third-order valence-electron chi connectivity index (χ3n) is 5.31. The van der Waals surface area contributed by atoms with E-state index in [9.17, 15) is 23.3 Å². The van der Waals surface area contributed by atoms with Gasteiger partial charge in [-0.2, -0.15) is 13.5 Å². The molecule has 32 heavy (non-hydrogen) atoms. The molecular weight excluding hydrogens is 434 g/mol. The summed E-state index contributed by atoms with van der Waals surface area (Å²) in [5.41, 5.74) is 2.89. The van der Waals surface area contributed by atoms with Gasteiger partial charge in [-0.3, -0.25) is 14.9 Å². The van der Waals surface area contributed by atoms with Gasteiger partial charge in [0.1, 0.15) is 5.56 Å². The minimum Gasteiger partial charge on any atom is -0.361 e. The topological polar surface area (TPSA) is 121 Å². The van der Waals surface area contributed by atoms with Gasteiger partial charge in [0, 0.05) is 18.2 Å². The predicted octanol–water partition coefficient (Wildman–Crippen LogP) is 4.59. The van der Waals surface area contributed by atoms with E-state index in [1.807, 2.05) is 20.8 Å². The number of benzene rings is 1. The van der Waals surface area contributed by atoms with E-state index in [-0.39, 0.29) is 28.4 Å². The molecule has 2 aromatic rings. The van der Waals surface area contributed by atoms with Gasteiger partial charge in [-0.05, 0) is 65.2 Å². The number of hydrogen-bond donors (Lipinski definition) is 0. The Bertz CT molecular complexity index is 1200. The van der Waals surface area contributed by atoms with Crippen molar-refractivity contribution >= 4 is 27.2 Å². The first-order chi connectivity index (χ1) is 14.9. The molecule has 0 aliphatic rings. The van der Waals surface area contributed by atoms with Crippen molar-refractivity contribution in [3.8, 4) is 5.88 Å². The Morgan fingerprint density at radius 1 is 1.16 bits per heavy atom. The van der Waals surface area contributed by atoms with Crippen molar-refractivity contribution < 1.29 is 22.3 Å². The molecule has 0 fully saturated rings. The summed E-state index contributed by atoms with van der Waals surface area (Å²) in [6.45, 7) is 12.4. The normalized spacial score (nSPS) is 11.3. The molecule has 0 amide bonds. The predicted molar refractivity (Wildman–Crippen MR) is 123 cm³/mol. The molecule has 10 heteroatoms. The summed E-state index contributed by atoms with van der Waals surface area (Å²) in [7, 11) is -3.91. The lowest BCUT2D eigenvalue weighted by molar-refractivity contribution is -0.385. The van der Waals surface area contributed by atoms with E-state index in [0.717, 1.165) is 5.57 Å². The lowest BCUT2D eigenvalue weighted by Gasteiger charge is -2.14. The van der Waals surface area contributed by atoms with Gasteiger partial charge in [-0.25, -0.2) is 4.68 Å². The van der Waals surface area contributed by atoms with Gasteiger partial charge in [-0.15, -0.1) is 0 Å². The fourth-order valence-electron chi connectivity index (χ4n) is 3.40. The van der Waals surface area contributed by atoms with Crippen LogP contribution in [0.15, 0.2) is 17.7 Å². The standard InChI is InChI=1S/C22H29N3O6S/c1-8-12-24-22(31-32(29,30)9-2)20(16(7)23-24)21(26)17-10-11-18(25(27)28)19(15(17)6)14(5)13(3)4/h10-11H,8-9,12H2,1-7H3. The average Bonchev–Trinajstić information content (AvgIpc) is 3.00. The van der Waals surface area contributed by atoms with Crippen LogP contribution in [0.2, 0.25) is 0 Å². The highest BCUT2D eigenvalue weighted by atomic mass is 32.2. The summed E-state index contributed by atoms with van der Waals surface area (Å²) in [6, 6.07) is 2.70. The zero-order chi connectivity index (χ0) is 24.4. The Labute approximate surface area is 188 Å². The number of carbonyl (C=O) groups excluding carboxylic acids is 1. The highest BCUT2D eigenvalue weighted by Gasteiger charge is 2.30. The summed E-state index contributed by atoms with van der Waals surface area (Å²) >= 11 is 0. The molecule has 0 unspecified atom stereocenters. The molecule has 0 aliphatic carbocycles. The average molecular weight is 464 g/mol. The first kappa shape index (κ1) is 25.3. The van der Waals surface area contributed by atoms with Gasteiger partial charge in [0.2, 0.25) is 11.7 Å². The highest BCUT2D eigenvalue weighted by Crippen LogP contribution is 2.35. The number of ketones is 1. The summed E-state index contributed by atoms with van der Waals surface area (Å²) in [5.74, 6) is -0.895. The van der Waals surface area contributed by atoms with E-state index < -0.39 is 20.8 Å². The van der Waals surface area contributed by atoms with Crippen LogP contribution in [0.1, 0.15) is 73.8 Å². The fourth-order valence-corrected chi connectivity index (χ4v) is 3.93. The van der Waals surface area contributed by atoms with E-state index in [2.05, 4.69) is 5.10 Å². The van der Waals surface area contributed by atoms with Crippen molar-refractivity contribution in [2.45, 2.75) is 61.4 Å².